The second kappa shape index (κ2) is 5.71. The first-order valence-corrected chi connectivity index (χ1v) is 8.51. The van der Waals surface area contributed by atoms with Gasteiger partial charge in [-0.1, -0.05) is 19.1 Å². The van der Waals surface area contributed by atoms with Gasteiger partial charge in [0.05, 0.1) is 5.37 Å². The van der Waals surface area contributed by atoms with Crippen molar-refractivity contribution < 1.29 is 22.7 Å². The van der Waals surface area contributed by atoms with Crippen molar-refractivity contribution >= 4 is 27.8 Å². The van der Waals surface area contributed by atoms with Crippen LogP contribution < -0.4 is 0 Å². The number of thioether (sulfide) groups is 1. The van der Waals surface area contributed by atoms with E-state index in [1.807, 2.05) is 0 Å². The lowest BCUT2D eigenvalue weighted by Crippen LogP contribution is -2.45. The van der Waals surface area contributed by atoms with Gasteiger partial charge in [0.25, 0.3) is 0 Å². The Bertz CT molecular complexity index is 620. The minimum Gasteiger partial charge on any atom is -0.480 e. The van der Waals surface area contributed by atoms with Crippen LogP contribution in [-0.2, 0) is 14.8 Å². The SMILES string of the molecule is CCC1SCC(C(=O)O)N1S(=O)(=O)c1ccccc1F. The number of sulfonamides is 1. The second-order valence-electron chi connectivity index (χ2n) is 4.32. The summed E-state index contributed by atoms with van der Waals surface area (Å²) in [5, 5.41) is 8.68. The molecule has 1 heterocycles. The average Bonchev–Trinajstić information content (AvgIpc) is 2.83. The first kappa shape index (κ1) is 15.3. The van der Waals surface area contributed by atoms with Crippen LogP contribution in [0.2, 0.25) is 0 Å². The Balaban J connectivity index is 2.50. The second-order valence-corrected chi connectivity index (χ2v) is 7.34. The number of hydrogen-bond acceptors (Lipinski definition) is 4. The summed E-state index contributed by atoms with van der Waals surface area (Å²) in [6, 6.07) is 3.84. The largest absolute Gasteiger partial charge is 0.480 e. The summed E-state index contributed by atoms with van der Waals surface area (Å²) in [5.74, 6) is -1.92. The van der Waals surface area contributed by atoms with E-state index in [1.54, 1.807) is 6.92 Å². The van der Waals surface area contributed by atoms with Gasteiger partial charge in [-0.3, -0.25) is 4.79 Å². The fourth-order valence-corrected chi connectivity index (χ4v) is 5.72. The van der Waals surface area contributed by atoms with E-state index in [9.17, 15) is 17.6 Å². The molecule has 1 fully saturated rings. The molecular weight excluding hydrogens is 305 g/mol. The summed E-state index contributed by atoms with van der Waals surface area (Å²) >= 11 is 1.26. The Morgan fingerprint density at radius 1 is 1.50 bits per heavy atom. The number of aliphatic carboxylic acids is 1. The molecule has 0 bridgehead atoms. The standard InChI is InChI=1S/C12H14FNO4S2/c1-2-11-14(9(7-19-11)12(15)16)20(17,18)10-6-4-3-5-8(10)13/h3-6,9,11H,2,7H2,1H3,(H,15,16). The van der Waals surface area contributed by atoms with Gasteiger partial charge in [0.2, 0.25) is 10.0 Å². The predicted molar refractivity (Wildman–Crippen MR) is 73.4 cm³/mol. The molecule has 5 nitrogen and oxygen atoms in total. The molecule has 1 aliphatic rings. The van der Waals surface area contributed by atoms with E-state index < -0.39 is 38.1 Å². The molecule has 2 rings (SSSR count). The molecule has 0 saturated carbocycles. The van der Waals surface area contributed by atoms with E-state index in [4.69, 9.17) is 5.11 Å². The molecule has 0 spiro atoms. The van der Waals surface area contributed by atoms with E-state index in [-0.39, 0.29) is 5.75 Å². The van der Waals surface area contributed by atoms with Crippen LogP contribution in [0.25, 0.3) is 0 Å². The maximum absolute atomic E-state index is 13.7. The van der Waals surface area contributed by atoms with Crippen LogP contribution in [0.3, 0.4) is 0 Å². The molecule has 0 amide bonds. The highest BCUT2D eigenvalue weighted by atomic mass is 32.2. The van der Waals surface area contributed by atoms with Crippen molar-refractivity contribution in [3.8, 4) is 0 Å². The van der Waals surface area contributed by atoms with Gasteiger partial charge >= 0.3 is 5.97 Å². The quantitative estimate of drug-likeness (QED) is 0.915. The fourth-order valence-electron chi connectivity index (χ4n) is 2.12. The number of hydrogen-bond donors (Lipinski definition) is 1. The van der Waals surface area contributed by atoms with Gasteiger partial charge in [-0.15, -0.1) is 11.8 Å². The van der Waals surface area contributed by atoms with Crippen LogP contribution in [0, 0.1) is 5.82 Å². The smallest absolute Gasteiger partial charge is 0.322 e. The Morgan fingerprint density at radius 2 is 2.15 bits per heavy atom. The molecule has 1 N–H and O–H groups in total. The lowest BCUT2D eigenvalue weighted by Gasteiger charge is -2.25. The number of carboxylic acid groups (broad SMARTS) is 1. The van der Waals surface area contributed by atoms with Crippen molar-refractivity contribution in [1.82, 2.24) is 4.31 Å². The third-order valence-electron chi connectivity index (χ3n) is 3.06. The van der Waals surface area contributed by atoms with Gasteiger partial charge in [0, 0.05) is 5.75 Å². The zero-order valence-corrected chi connectivity index (χ0v) is 12.3. The molecule has 0 aliphatic carbocycles. The molecule has 8 heteroatoms. The highest BCUT2D eigenvalue weighted by Crippen LogP contribution is 2.36. The molecular formula is C12H14FNO4S2. The lowest BCUT2D eigenvalue weighted by molar-refractivity contribution is -0.140. The minimum absolute atomic E-state index is 0.168. The average molecular weight is 319 g/mol. The summed E-state index contributed by atoms with van der Waals surface area (Å²) in [7, 11) is -4.17. The zero-order valence-electron chi connectivity index (χ0n) is 10.7. The Morgan fingerprint density at radius 3 is 2.70 bits per heavy atom. The monoisotopic (exact) mass is 319 g/mol. The van der Waals surface area contributed by atoms with Gasteiger partial charge in [-0.05, 0) is 18.6 Å². The number of benzene rings is 1. The molecule has 1 aromatic rings. The minimum atomic E-state index is -4.17. The number of nitrogens with zero attached hydrogens (tertiary/aromatic N) is 1. The molecule has 1 aliphatic heterocycles. The van der Waals surface area contributed by atoms with Crippen LogP contribution in [0.4, 0.5) is 4.39 Å². The van der Waals surface area contributed by atoms with Crippen molar-refractivity contribution in [2.75, 3.05) is 5.75 Å². The summed E-state index contributed by atoms with van der Waals surface area (Å²) < 4.78 is 39.8. The Kier molecular flexibility index (Phi) is 4.36. The normalized spacial score (nSPS) is 23.9. The molecule has 1 aromatic carbocycles. The maximum Gasteiger partial charge on any atom is 0.322 e. The van der Waals surface area contributed by atoms with Gasteiger partial charge in [-0.25, -0.2) is 12.8 Å². The first-order chi connectivity index (χ1) is 9.39. The molecule has 0 aromatic heterocycles. The van der Waals surface area contributed by atoms with Gasteiger partial charge < -0.3 is 5.11 Å². The first-order valence-electron chi connectivity index (χ1n) is 6.02. The van der Waals surface area contributed by atoms with Crippen molar-refractivity contribution in [1.29, 1.82) is 0 Å². The van der Waals surface area contributed by atoms with Crippen molar-refractivity contribution in [2.45, 2.75) is 29.7 Å². The topological polar surface area (TPSA) is 74.7 Å². The van der Waals surface area contributed by atoms with E-state index in [1.165, 1.54) is 23.9 Å². The van der Waals surface area contributed by atoms with E-state index >= 15 is 0 Å². The van der Waals surface area contributed by atoms with Crippen LogP contribution in [0.5, 0.6) is 0 Å². The number of rotatable bonds is 4. The van der Waals surface area contributed by atoms with Crippen molar-refractivity contribution in [2.24, 2.45) is 0 Å². The van der Waals surface area contributed by atoms with Crippen molar-refractivity contribution in [3.05, 3.63) is 30.1 Å². The maximum atomic E-state index is 13.7. The van der Waals surface area contributed by atoms with Crippen LogP contribution in [-0.4, -0.2) is 41.0 Å². The van der Waals surface area contributed by atoms with Gasteiger partial charge in [0.15, 0.2) is 0 Å². The van der Waals surface area contributed by atoms with E-state index in [0.717, 1.165) is 16.4 Å². The molecule has 2 unspecified atom stereocenters. The molecule has 1 saturated heterocycles. The summed E-state index contributed by atoms with van der Waals surface area (Å²) in [5.41, 5.74) is 0. The number of halogens is 1. The Labute approximate surface area is 120 Å². The highest BCUT2D eigenvalue weighted by molar-refractivity contribution is 8.01. The van der Waals surface area contributed by atoms with Crippen LogP contribution >= 0.6 is 11.8 Å². The third kappa shape index (κ3) is 2.55. The summed E-state index contributed by atoms with van der Waals surface area (Å²) in [6.45, 7) is 1.77. The van der Waals surface area contributed by atoms with E-state index in [2.05, 4.69) is 0 Å². The Hall–Kier alpha value is -1.12. The van der Waals surface area contributed by atoms with Gasteiger partial charge in [0.1, 0.15) is 16.8 Å². The predicted octanol–water partition coefficient (Wildman–Crippen LogP) is 1.75. The van der Waals surface area contributed by atoms with E-state index in [0.29, 0.717) is 6.42 Å². The fraction of sp³-hybridized carbons (Fsp3) is 0.417. The molecule has 20 heavy (non-hydrogen) atoms. The summed E-state index contributed by atoms with van der Waals surface area (Å²) in [6.07, 6.45) is 0.460. The number of carbonyl (C=O) groups is 1. The van der Waals surface area contributed by atoms with Crippen LogP contribution in [0.1, 0.15) is 13.3 Å². The van der Waals surface area contributed by atoms with Crippen LogP contribution in [0.15, 0.2) is 29.2 Å². The molecule has 0 radical (unpaired) electrons. The summed E-state index contributed by atoms with van der Waals surface area (Å²) in [4.78, 5) is 10.7. The third-order valence-corrected chi connectivity index (χ3v) is 6.60. The zero-order chi connectivity index (χ0) is 14.9. The molecule has 2 atom stereocenters. The molecule has 110 valence electrons. The highest BCUT2D eigenvalue weighted by Gasteiger charge is 2.46. The van der Waals surface area contributed by atoms with Crippen molar-refractivity contribution in [3.63, 3.8) is 0 Å². The lowest BCUT2D eigenvalue weighted by atomic mass is 10.3. The van der Waals surface area contributed by atoms with Gasteiger partial charge in [-0.2, -0.15) is 4.31 Å². The number of carboxylic acids is 1.